The first-order valence-electron chi connectivity index (χ1n) is 5.53. The molecule has 0 fully saturated rings. The summed E-state index contributed by atoms with van der Waals surface area (Å²) in [4.78, 5) is 11.9. The first kappa shape index (κ1) is 13.5. The maximum atomic E-state index is 13.6. The molecule has 0 unspecified atom stereocenters. The van der Waals surface area contributed by atoms with Gasteiger partial charge in [-0.1, -0.05) is 6.07 Å². The van der Waals surface area contributed by atoms with E-state index in [0.29, 0.717) is 4.47 Å². The van der Waals surface area contributed by atoms with Gasteiger partial charge in [0, 0.05) is 5.56 Å². The molecule has 19 heavy (non-hydrogen) atoms. The first-order chi connectivity index (χ1) is 8.97. The molecule has 2 aromatic rings. The topological polar surface area (TPSA) is 49.3 Å². The Bertz CT molecular complexity index is 643. The van der Waals surface area contributed by atoms with E-state index in [1.807, 2.05) is 0 Å². The highest BCUT2D eigenvalue weighted by molar-refractivity contribution is 9.10. The van der Waals surface area contributed by atoms with E-state index in [1.54, 1.807) is 19.1 Å². The number of anilines is 1. The molecule has 0 spiro atoms. The molecule has 0 heterocycles. The van der Waals surface area contributed by atoms with Gasteiger partial charge in [-0.05, 0) is 58.7 Å². The van der Waals surface area contributed by atoms with E-state index < -0.39 is 11.7 Å². The molecular weight excluding hydrogens is 313 g/mol. The molecular formula is C14H11BrFNO2. The van der Waals surface area contributed by atoms with Gasteiger partial charge in [-0.15, -0.1) is 0 Å². The Morgan fingerprint density at radius 3 is 2.63 bits per heavy atom. The van der Waals surface area contributed by atoms with E-state index in [2.05, 4.69) is 21.2 Å². The van der Waals surface area contributed by atoms with Crippen LogP contribution in [0.1, 0.15) is 15.9 Å². The number of nitrogens with one attached hydrogen (secondary N) is 1. The summed E-state index contributed by atoms with van der Waals surface area (Å²) >= 11 is 3.12. The van der Waals surface area contributed by atoms with Crippen molar-refractivity contribution in [2.75, 3.05) is 5.32 Å². The number of benzene rings is 2. The lowest BCUT2D eigenvalue weighted by atomic mass is 10.2. The monoisotopic (exact) mass is 323 g/mol. The van der Waals surface area contributed by atoms with Crippen LogP contribution in [0.25, 0.3) is 0 Å². The molecule has 0 aromatic heterocycles. The summed E-state index contributed by atoms with van der Waals surface area (Å²) in [6, 6.07) is 8.94. The lowest BCUT2D eigenvalue weighted by Crippen LogP contribution is -2.12. The molecule has 1 amide bonds. The summed E-state index contributed by atoms with van der Waals surface area (Å²) < 4.78 is 14.1. The Balaban J connectivity index is 2.23. The van der Waals surface area contributed by atoms with Gasteiger partial charge in [0.25, 0.3) is 5.91 Å². The molecule has 2 rings (SSSR count). The van der Waals surface area contributed by atoms with Crippen molar-refractivity contribution in [3.63, 3.8) is 0 Å². The van der Waals surface area contributed by atoms with Crippen LogP contribution >= 0.6 is 15.9 Å². The Kier molecular flexibility index (Phi) is 3.85. The van der Waals surface area contributed by atoms with Crippen LogP contribution in [0.15, 0.2) is 40.9 Å². The molecule has 0 aliphatic heterocycles. The minimum absolute atomic E-state index is 0.0444. The standard InChI is InChI=1S/C14H11BrFNO2/c1-8-2-5-12(11(16)6-8)17-14(19)9-3-4-10(15)13(18)7-9/h2-7,18H,1H3,(H,17,19). The van der Waals surface area contributed by atoms with Crippen molar-refractivity contribution in [1.82, 2.24) is 0 Å². The third-order valence-corrected chi connectivity index (χ3v) is 3.25. The quantitative estimate of drug-likeness (QED) is 0.881. The number of aryl methyl sites for hydroxylation is 1. The largest absolute Gasteiger partial charge is 0.507 e. The van der Waals surface area contributed by atoms with Gasteiger partial charge >= 0.3 is 0 Å². The number of aromatic hydroxyl groups is 1. The van der Waals surface area contributed by atoms with Crippen molar-refractivity contribution in [1.29, 1.82) is 0 Å². The van der Waals surface area contributed by atoms with Gasteiger partial charge < -0.3 is 10.4 Å². The average Bonchev–Trinajstić information content (AvgIpc) is 2.36. The highest BCUT2D eigenvalue weighted by atomic mass is 79.9. The van der Waals surface area contributed by atoms with Crippen molar-refractivity contribution in [3.05, 3.63) is 57.8 Å². The van der Waals surface area contributed by atoms with E-state index in [-0.39, 0.29) is 17.0 Å². The number of hydrogen-bond donors (Lipinski definition) is 2. The van der Waals surface area contributed by atoms with Gasteiger partial charge in [-0.3, -0.25) is 4.79 Å². The van der Waals surface area contributed by atoms with Gasteiger partial charge in [0.05, 0.1) is 10.2 Å². The fourth-order valence-corrected chi connectivity index (χ4v) is 1.82. The normalized spacial score (nSPS) is 10.3. The van der Waals surface area contributed by atoms with Crippen molar-refractivity contribution >= 4 is 27.5 Å². The molecule has 98 valence electrons. The number of carbonyl (C=O) groups excluding carboxylic acids is 1. The van der Waals surface area contributed by atoms with E-state index in [9.17, 15) is 14.3 Å². The SMILES string of the molecule is Cc1ccc(NC(=O)c2ccc(Br)c(O)c2)c(F)c1. The van der Waals surface area contributed by atoms with E-state index >= 15 is 0 Å². The molecule has 0 saturated heterocycles. The van der Waals surface area contributed by atoms with Crippen LogP contribution in [0.5, 0.6) is 5.75 Å². The Hall–Kier alpha value is -1.88. The van der Waals surface area contributed by atoms with Crippen molar-refractivity contribution < 1.29 is 14.3 Å². The molecule has 0 bridgehead atoms. The van der Waals surface area contributed by atoms with Crippen molar-refractivity contribution in [2.45, 2.75) is 6.92 Å². The van der Waals surface area contributed by atoms with Crippen LogP contribution in [0.3, 0.4) is 0 Å². The van der Waals surface area contributed by atoms with Crippen LogP contribution in [0, 0.1) is 12.7 Å². The smallest absolute Gasteiger partial charge is 0.255 e. The number of hydrogen-bond acceptors (Lipinski definition) is 2. The lowest BCUT2D eigenvalue weighted by Gasteiger charge is -2.07. The fourth-order valence-electron chi connectivity index (χ4n) is 1.57. The van der Waals surface area contributed by atoms with Gasteiger partial charge in [-0.25, -0.2) is 4.39 Å². The number of halogens is 2. The Morgan fingerprint density at radius 1 is 1.26 bits per heavy atom. The summed E-state index contributed by atoms with van der Waals surface area (Å²) in [7, 11) is 0. The molecule has 0 saturated carbocycles. The van der Waals surface area contributed by atoms with Crippen LogP contribution in [0.2, 0.25) is 0 Å². The Labute approximate surface area is 118 Å². The van der Waals surface area contributed by atoms with Crippen LogP contribution < -0.4 is 5.32 Å². The second-order valence-electron chi connectivity index (χ2n) is 4.10. The van der Waals surface area contributed by atoms with Gasteiger partial charge in [0.15, 0.2) is 0 Å². The number of phenols is 1. The Morgan fingerprint density at radius 2 is 2.00 bits per heavy atom. The summed E-state index contributed by atoms with van der Waals surface area (Å²) in [5.74, 6) is -1.02. The van der Waals surface area contributed by atoms with E-state index in [0.717, 1.165) is 5.56 Å². The maximum Gasteiger partial charge on any atom is 0.255 e. The minimum atomic E-state index is -0.491. The number of rotatable bonds is 2. The van der Waals surface area contributed by atoms with E-state index in [4.69, 9.17) is 0 Å². The zero-order chi connectivity index (χ0) is 14.0. The number of phenolic OH excluding ortho intramolecular Hbond substituents is 1. The second kappa shape index (κ2) is 5.40. The maximum absolute atomic E-state index is 13.6. The summed E-state index contributed by atoms with van der Waals surface area (Å²) in [5.41, 5.74) is 1.13. The third kappa shape index (κ3) is 3.12. The van der Waals surface area contributed by atoms with Crippen molar-refractivity contribution in [3.8, 4) is 5.75 Å². The van der Waals surface area contributed by atoms with Crippen molar-refractivity contribution in [2.24, 2.45) is 0 Å². The highest BCUT2D eigenvalue weighted by Gasteiger charge is 2.11. The zero-order valence-corrected chi connectivity index (χ0v) is 11.7. The molecule has 0 radical (unpaired) electrons. The zero-order valence-electron chi connectivity index (χ0n) is 10.1. The lowest BCUT2D eigenvalue weighted by molar-refractivity contribution is 0.102. The van der Waals surface area contributed by atoms with E-state index in [1.165, 1.54) is 24.3 Å². The highest BCUT2D eigenvalue weighted by Crippen LogP contribution is 2.25. The van der Waals surface area contributed by atoms with Gasteiger partial charge in [0.2, 0.25) is 0 Å². The number of carbonyl (C=O) groups is 1. The van der Waals surface area contributed by atoms with Crippen LogP contribution in [-0.2, 0) is 0 Å². The van der Waals surface area contributed by atoms with Crippen LogP contribution in [-0.4, -0.2) is 11.0 Å². The predicted molar refractivity (Wildman–Crippen MR) is 74.9 cm³/mol. The summed E-state index contributed by atoms with van der Waals surface area (Å²) in [6.07, 6.45) is 0. The molecule has 0 aliphatic carbocycles. The molecule has 3 nitrogen and oxygen atoms in total. The average molecular weight is 324 g/mol. The molecule has 0 atom stereocenters. The molecule has 2 N–H and O–H groups in total. The third-order valence-electron chi connectivity index (χ3n) is 2.58. The number of amides is 1. The van der Waals surface area contributed by atoms with Gasteiger partial charge in [0.1, 0.15) is 11.6 Å². The first-order valence-corrected chi connectivity index (χ1v) is 6.32. The second-order valence-corrected chi connectivity index (χ2v) is 4.96. The molecule has 2 aromatic carbocycles. The van der Waals surface area contributed by atoms with Crippen LogP contribution in [0.4, 0.5) is 10.1 Å². The summed E-state index contributed by atoms with van der Waals surface area (Å²) in [5, 5.41) is 12.0. The van der Waals surface area contributed by atoms with Gasteiger partial charge in [-0.2, -0.15) is 0 Å². The summed E-state index contributed by atoms with van der Waals surface area (Å²) in [6.45, 7) is 1.77. The predicted octanol–water partition coefficient (Wildman–Crippen LogP) is 3.85. The minimum Gasteiger partial charge on any atom is -0.507 e. The fraction of sp³-hybridized carbons (Fsp3) is 0.0714. The molecule has 0 aliphatic rings. The molecule has 5 heteroatoms.